The van der Waals surface area contributed by atoms with Crippen molar-refractivity contribution in [3.63, 3.8) is 0 Å². The molecule has 1 aromatic heterocycles. The molecule has 6 nitrogen and oxygen atoms in total. The van der Waals surface area contributed by atoms with Crippen LogP contribution >= 0.6 is 11.6 Å². The summed E-state index contributed by atoms with van der Waals surface area (Å²) in [5, 5.41) is 0.865. The largest absolute Gasteiger partial charge is 0.450 e. The molecule has 1 amide bonds. The molecule has 7 heteroatoms. The van der Waals surface area contributed by atoms with Crippen molar-refractivity contribution in [1.29, 1.82) is 0 Å². The van der Waals surface area contributed by atoms with Crippen LogP contribution < -0.4 is 5.43 Å². The van der Waals surface area contributed by atoms with Gasteiger partial charge in [-0.25, -0.2) is 0 Å². The van der Waals surface area contributed by atoms with E-state index in [0.717, 1.165) is 51.3 Å². The zero-order valence-corrected chi connectivity index (χ0v) is 19.4. The molecule has 33 heavy (non-hydrogen) atoms. The normalized spacial score (nSPS) is 18.8. The minimum Gasteiger partial charge on any atom is -0.450 e. The first-order valence-corrected chi connectivity index (χ1v) is 11.9. The summed E-state index contributed by atoms with van der Waals surface area (Å²) in [6.07, 6.45) is 1.73. The highest BCUT2D eigenvalue weighted by Crippen LogP contribution is 2.38. The molecule has 0 bridgehead atoms. The number of benzene rings is 2. The van der Waals surface area contributed by atoms with E-state index in [1.165, 1.54) is 5.56 Å². The third-order valence-corrected chi connectivity index (χ3v) is 6.84. The molecule has 2 aliphatic rings. The maximum absolute atomic E-state index is 13.6. The van der Waals surface area contributed by atoms with Crippen molar-refractivity contribution in [2.24, 2.45) is 0 Å². The highest BCUT2D eigenvalue weighted by molar-refractivity contribution is 6.31. The summed E-state index contributed by atoms with van der Waals surface area (Å²) in [6.45, 7) is 6.82. The second-order valence-corrected chi connectivity index (χ2v) is 9.05. The number of carbonyl (C=O) groups is 1. The van der Waals surface area contributed by atoms with Crippen LogP contribution in [0.2, 0.25) is 5.02 Å². The highest BCUT2D eigenvalue weighted by Gasteiger charge is 2.42. The molecular weight excluding hydrogens is 440 g/mol. The fourth-order valence-electron chi connectivity index (χ4n) is 4.79. The molecule has 0 spiro atoms. The van der Waals surface area contributed by atoms with Crippen molar-refractivity contribution in [2.75, 3.05) is 39.4 Å². The van der Waals surface area contributed by atoms with Crippen LogP contribution in [-0.2, 0) is 11.2 Å². The molecule has 1 atom stereocenters. The van der Waals surface area contributed by atoms with Gasteiger partial charge in [0.15, 0.2) is 5.43 Å². The first kappa shape index (κ1) is 22.1. The molecule has 3 aromatic rings. The van der Waals surface area contributed by atoms with E-state index in [9.17, 15) is 9.59 Å². The monoisotopic (exact) mass is 466 g/mol. The average molecular weight is 467 g/mol. The molecule has 5 rings (SSSR count). The predicted octanol–water partition coefficient (Wildman–Crippen LogP) is 4.28. The first-order chi connectivity index (χ1) is 16.1. The molecule has 2 aromatic carbocycles. The Kier molecular flexibility index (Phi) is 6.23. The Hall–Kier alpha value is -2.67. The molecule has 0 unspecified atom stereocenters. The van der Waals surface area contributed by atoms with E-state index in [1.54, 1.807) is 23.1 Å². The summed E-state index contributed by atoms with van der Waals surface area (Å²) in [5.74, 6) is -0.0868. The minimum absolute atomic E-state index is 0.144. The van der Waals surface area contributed by atoms with Gasteiger partial charge in [0.1, 0.15) is 5.58 Å². The molecule has 2 aliphatic heterocycles. The molecule has 3 heterocycles. The minimum atomic E-state index is -0.470. The number of aryl methyl sites for hydroxylation is 1. The van der Waals surface area contributed by atoms with E-state index in [-0.39, 0.29) is 17.1 Å². The van der Waals surface area contributed by atoms with Crippen molar-refractivity contribution in [3.8, 4) is 0 Å². The van der Waals surface area contributed by atoms with E-state index in [1.807, 2.05) is 12.1 Å². The Balaban J connectivity index is 1.53. The van der Waals surface area contributed by atoms with Crippen molar-refractivity contribution in [2.45, 2.75) is 25.8 Å². The number of ether oxygens (including phenoxy) is 1. The number of hydrogen-bond acceptors (Lipinski definition) is 5. The lowest BCUT2D eigenvalue weighted by Gasteiger charge is -2.29. The quantitative estimate of drug-likeness (QED) is 0.542. The molecule has 0 aliphatic carbocycles. The number of rotatable bonds is 6. The zero-order chi connectivity index (χ0) is 22.9. The van der Waals surface area contributed by atoms with Gasteiger partial charge < -0.3 is 14.1 Å². The molecular formula is C26H27ClN2O4. The van der Waals surface area contributed by atoms with Gasteiger partial charge in [-0.15, -0.1) is 0 Å². The van der Waals surface area contributed by atoms with Gasteiger partial charge in [-0.1, -0.05) is 42.8 Å². The molecule has 0 N–H and O–H groups in total. The van der Waals surface area contributed by atoms with Gasteiger partial charge in [0, 0.05) is 31.2 Å². The maximum atomic E-state index is 13.6. The van der Waals surface area contributed by atoms with Crippen LogP contribution in [0, 0.1) is 0 Å². The Morgan fingerprint density at radius 2 is 1.79 bits per heavy atom. The standard InChI is InChI=1S/C26H27ClN2O4/c1-2-17-4-6-18(7-5-17)23-22-24(30)20-16-19(27)8-9-21(20)33-25(22)26(31)29(23)11-3-10-28-12-14-32-15-13-28/h4-9,16,23H,2-3,10-15H2,1H3/t23-/m1/s1. The van der Waals surface area contributed by atoms with Crippen LogP contribution in [0.1, 0.15) is 46.6 Å². The Bertz CT molecular complexity index is 1230. The molecule has 0 radical (unpaired) electrons. The third-order valence-electron chi connectivity index (χ3n) is 6.61. The van der Waals surface area contributed by atoms with E-state index >= 15 is 0 Å². The fraction of sp³-hybridized carbons (Fsp3) is 0.385. The Morgan fingerprint density at radius 3 is 2.52 bits per heavy atom. The van der Waals surface area contributed by atoms with Crippen LogP contribution in [0.25, 0.3) is 11.0 Å². The van der Waals surface area contributed by atoms with Crippen LogP contribution in [0.3, 0.4) is 0 Å². The summed E-state index contributed by atoms with van der Waals surface area (Å²) in [4.78, 5) is 31.2. The van der Waals surface area contributed by atoms with Gasteiger partial charge in [0.05, 0.1) is 30.2 Å². The SMILES string of the molecule is CCc1ccc([C@@H]2c3c(oc4ccc(Cl)cc4c3=O)C(=O)N2CCCN2CCOCC2)cc1. The maximum Gasteiger partial charge on any atom is 0.290 e. The molecule has 1 saturated heterocycles. The van der Waals surface area contributed by atoms with E-state index < -0.39 is 6.04 Å². The van der Waals surface area contributed by atoms with Gasteiger partial charge in [-0.3, -0.25) is 14.5 Å². The van der Waals surface area contributed by atoms with Gasteiger partial charge >= 0.3 is 0 Å². The summed E-state index contributed by atoms with van der Waals surface area (Å²) >= 11 is 6.16. The van der Waals surface area contributed by atoms with Crippen LogP contribution in [0.4, 0.5) is 0 Å². The average Bonchev–Trinajstić information content (AvgIpc) is 3.12. The van der Waals surface area contributed by atoms with Crippen LogP contribution in [0.15, 0.2) is 51.7 Å². The number of fused-ring (bicyclic) bond motifs is 2. The van der Waals surface area contributed by atoms with Crippen LogP contribution in [-0.4, -0.2) is 55.1 Å². The number of halogens is 1. The topological polar surface area (TPSA) is 63.0 Å². The van der Waals surface area contributed by atoms with Gasteiger partial charge in [-0.05, 0) is 42.2 Å². The van der Waals surface area contributed by atoms with E-state index in [0.29, 0.717) is 28.1 Å². The van der Waals surface area contributed by atoms with Gasteiger partial charge in [0.2, 0.25) is 5.76 Å². The number of nitrogens with zero attached hydrogens (tertiary/aromatic N) is 2. The van der Waals surface area contributed by atoms with Gasteiger partial charge in [0.25, 0.3) is 5.91 Å². The summed E-state index contributed by atoms with van der Waals surface area (Å²) in [5.41, 5.74) is 2.72. The summed E-state index contributed by atoms with van der Waals surface area (Å²) in [6, 6.07) is 12.6. The number of morpholine rings is 1. The highest BCUT2D eigenvalue weighted by atomic mass is 35.5. The van der Waals surface area contributed by atoms with Crippen LogP contribution in [0.5, 0.6) is 0 Å². The Labute approximate surface area is 197 Å². The number of amides is 1. The van der Waals surface area contributed by atoms with Crippen molar-refractivity contribution >= 4 is 28.5 Å². The fourth-order valence-corrected chi connectivity index (χ4v) is 4.97. The zero-order valence-electron chi connectivity index (χ0n) is 18.7. The van der Waals surface area contributed by atoms with Crippen molar-refractivity contribution < 1.29 is 13.9 Å². The first-order valence-electron chi connectivity index (χ1n) is 11.5. The third kappa shape index (κ3) is 4.19. The summed E-state index contributed by atoms with van der Waals surface area (Å²) < 4.78 is 11.4. The second-order valence-electron chi connectivity index (χ2n) is 8.62. The lowest BCUT2D eigenvalue weighted by molar-refractivity contribution is 0.0353. The van der Waals surface area contributed by atoms with E-state index in [4.69, 9.17) is 20.8 Å². The second kappa shape index (κ2) is 9.29. The molecule has 0 saturated carbocycles. The predicted molar refractivity (Wildman–Crippen MR) is 128 cm³/mol. The molecule has 172 valence electrons. The van der Waals surface area contributed by atoms with E-state index in [2.05, 4.69) is 24.0 Å². The lowest BCUT2D eigenvalue weighted by atomic mass is 9.97. The number of carbonyl (C=O) groups excluding carboxylic acids is 1. The molecule has 1 fully saturated rings. The summed E-state index contributed by atoms with van der Waals surface area (Å²) in [7, 11) is 0. The van der Waals surface area contributed by atoms with Crippen molar-refractivity contribution in [3.05, 3.63) is 80.2 Å². The smallest absolute Gasteiger partial charge is 0.290 e. The Morgan fingerprint density at radius 1 is 1.03 bits per heavy atom. The lowest BCUT2D eigenvalue weighted by Crippen LogP contribution is -2.38. The van der Waals surface area contributed by atoms with Gasteiger partial charge in [-0.2, -0.15) is 0 Å². The number of hydrogen-bond donors (Lipinski definition) is 0. The van der Waals surface area contributed by atoms with Crippen molar-refractivity contribution in [1.82, 2.24) is 9.80 Å².